The quantitative estimate of drug-likeness (QED) is 0.550. The van der Waals surface area contributed by atoms with E-state index in [2.05, 4.69) is 10.1 Å². The van der Waals surface area contributed by atoms with Gasteiger partial charge in [-0.3, -0.25) is 10.1 Å². The molecule has 0 spiro atoms. The van der Waals surface area contributed by atoms with Crippen molar-refractivity contribution in [1.29, 1.82) is 5.26 Å². The Morgan fingerprint density at radius 1 is 1.50 bits per heavy atom. The number of aromatic nitrogens is 3. The van der Waals surface area contributed by atoms with Crippen LogP contribution in [0.25, 0.3) is 5.69 Å². The maximum absolute atomic E-state index is 10.6. The van der Waals surface area contributed by atoms with Crippen LogP contribution in [0.15, 0.2) is 30.9 Å². The molecule has 0 aliphatic carbocycles. The first-order valence-corrected chi connectivity index (χ1v) is 4.26. The van der Waals surface area contributed by atoms with Crippen molar-refractivity contribution in [1.82, 2.24) is 14.8 Å². The van der Waals surface area contributed by atoms with Gasteiger partial charge in [0, 0.05) is 6.07 Å². The first-order chi connectivity index (χ1) is 7.72. The number of benzene rings is 1. The van der Waals surface area contributed by atoms with Gasteiger partial charge in [-0.1, -0.05) is 0 Å². The highest BCUT2D eigenvalue weighted by Crippen LogP contribution is 2.20. The molecule has 78 valence electrons. The summed E-state index contributed by atoms with van der Waals surface area (Å²) in [6.07, 6.45) is 2.79. The molecule has 0 radical (unpaired) electrons. The SMILES string of the molecule is N#Cc1cc(-n2cncn2)ccc1[N+](=O)[O-]. The van der Waals surface area contributed by atoms with Gasteiger partial charge in [-0.25, -0.2) is 9.67 Å². The molecule has 0 fully saturated rings. The lowest BCUT2D eigenvalue weighted by Crippen LogP contribution is -1.98. The molecule has 0 N–H and O–H groups in total. The third-order valence-electron chi connectivity index (χ3n) is 1.98. The molecular weight excluding hydrogens is 210 g/mol. The molecule has 0 amide bonds. The first kappa shape index (κ1) is 9.79. The monoisotopic (exact) mass is 215 g/mol. The molecule has 16 heavy (non-hydrogen) atoms. The predicted octanol–water partition coefficient (Wildman–Crippen LogP) is 1.05. The third kappa shape index (κ3) is 1.59. The number of nitriles is 1. The average Bonchev–Trinajstić information content (AvgIpc) is 2.81. The summed E-state index contributed by atoms with van der Waals surface area (Å²) in [5, 5.41) is 23.3. The van der Waals surface area contributed by atoms with Gasteiger partial charge in [-0.15, -0.1) is 0 Å². The molecule has 7 heteroatoms. The molecular formula is C9H5N5O2. The Bertz CT molecular complexity index is 570. The van der Waals surface area contributed by atoms with E-state index < -0.39 is 4.92 Å². The lowest BCUT2D eigenvalue weighted by atomic mass is 10.2. The Balaban J connectivity index is 2.54. The van der Waals surface area contributed by atoms with Crippen molar-refractivity contribution >= 4 is 5.69 Å². The summed E-state index contributed by atoms with van der Waals surface area (Å²) in [6.45, 7) is 0. The zero-order valence-corrected chi connectivity index (χ0v) is 7.94. The second-order valence-electron chi connectivity index (χ2n) is 2.91. The molecule has 7 nitrogen and oxygen atoms in total. The normalized spacial score (nSPS) is 9.69. The van der Waals surface area contributed by atoms with Crippen LogP contribution in [-0.4, -0.2) is 19.7 Å². The van der Waals surface area contributed by atoms with Gasteiger partial charge in [0.2, 0.25) is 0 Å². The fourth-order valence-electron chi connectivity index (χ4n) is 1.26. The highest BCUT2D eigenvalue weighted by atomic mass is 16.6. The molecule has 0 aliphatic rings. The van der Waals surface area contributed by atoms with Crippen LogP contribution in [0.2, 0.25) is 0 Å². The maximum atomic E-state index is 10.6. The van der Waals surface area contributed by atoms with Crippen molar-refractivity contribution in [3.63, 3.8) is 0 Å². The van der Waals surface area contributed by atoms with Crippen LogP contribution >= 0.6 is 0 Å². The molecule has 0 saturated heterocycles. The van der Waals surface area contributed by atoms with Crippen LogP contribution in [0.5, 0.6) is 0 Å². The molecule has 0 unspecified atom stereocenters. The number of hydrogen-bond donors (Lipinski definition) is 0. The lowest BCUT2D eigenvalue weighted by molar-refractivity contribution is -0.385. The van der Waals surface area contributed by atoms with Crippen LogP contribution in [0, 0.1) is 21.4 Å². The van der Waals surface area contributed by atoms with E-state index in [1.165, 1.54) is 35.5 Å². The van der Waals surface area contributed by atoms with Gasteiger partial charge >= 0.3 is 0 Å². The van der Waals surface area contributed by atoms with E-state index in [-0.39, 0.29) is 11.3 Å². The Labute approximate surface area is 89.7 Å². The summed E-state index contributed by atoms with van der Waals surface area (Å²) < 4.78 is 1.42. The van der Waals surface area contributed by atoms with Crippen LogP contribution < -0.4 is 0 Å². The van der Waals surface area contributed by atoms with Gasteiger partial charge in [0.05, 0.1) is 10.6 Å². The zero-order valence-electron chi connectivity index (χ0n) is 7.94. The van der Waals surface area contributed by atoms with E-state index in [0.29, 0.717) is 5.69 Å². The third-order valence-corrected chi connectivity index (χ3v) is 1.98. The molecule has 1 aromatic carbocycles. The fourth-order valence-corrected chi connectivity index (χ4v) is 1.26. The maximum Gasteiger partial charge on any atom is 0.287 e. The number of nitrogens with zero attached hydrogens (tertiary/aromatic N) is 5. The minimum atomic E-state index is -0.594. The van der Waals surface area contributed by atoms with Crippen molar-refractivity contribution in [3.05, 3.63) is 46.5 Å². The van der Waals surface area contributed by atoms with E-state index in [1.54, 1.807) is 6.07 Å². The molecule has 2 aromatic rings. The van der Waals surface area contributed by atoms with Gasteiger partial charge < -0.3 is 0 Å². The van der Waals surface area contributed by atoms with E-state index >= 15 is 0 Å². The van der Waals surface area contributed by atoms with Gasteiger partial charge in [0.25, 0.3) is 5.69 Å². The smallest absolute Gasteiger partial charge is 0.258 e. The summed E-state index contributed by atoms with van der Waals surface area (Å²) in [5.41, 5.74) is 0.337. The van der Waals surface area contributed by atoms with Crippen molar-refractivity contribution in [2.24, 2.45) is 0 Å². The van der Waals surface area contributed by atoms with Crippen LogP contribution in [-0.2, 0) is 0 Å². The van der Waals surface area contributed by atoms with Gasteiger partial charge in [0.1, 0.15) is 24.3 Å². The van der Waals surface area contributed by atoms with Gasteiger partial charge in [-0.05, 0) is 12.1 Å². The summed E-state index contributed by atoms with van der Waals surface area (Å²) in [6, 6.07) is 5.95. The summed E-state index contributed by atoms with van der Waals surface area (Å²) in [5.74, 6) is 0. The Morgan fingerprint density at radius 2 is 2.31 bits per heavy atom. The van der Waals surface area contributed by atoms with Crippen molar-refractivity contribution < 1.29 is 4.92 Å². The summed E-state index contributed by atoms with van der Waals surface area (Å²) >= 11 is 0. The van der Waals surface area contributed by atoms with Crippen molar-refractivity contribution in [2.75, 3.05) is 0 Å². The van der Waals surface area contributed by atoms with Crippen LogP contribution in [0.1, 0.15) is 5.56 Å². The molecule has 0 atom stereocenters. The largest absolute Gasteiger partial charge is 0.287 e. The Hall–Kier alpha value is -2.75. The van der Waals surface area contributed by atoms with Crippen molar-refractivity contribution in [2.45, 2.75) is 0 Å². The Morgan fingerprint density at radius 3 is 2.88 bits per heavy atom. The fraction of sp³-hybridized carbons (Fsp3) is 0. The zero-order chi connectivity index (χ0) is 11.5. The van der Waals surface area contributed by atoms with Crippen LogP contribution in [0.3, 0.4) is 0 Å². The van der Waals surface area contributed by atoms with Crippen LogP contribution in [0.4, 0.5) is 5.69 Å². The molecule has 2 rings (SSSR count). The standard InChI is InChI=1S/C9H5N5O2/c10-4-7-3-8(13-6-11-5-12-13)1-2-9(7)14(15)16/h1-3,5-6H. The second-order valence-corrected chi connectivity index (χ2v) is 2.91. The van der Waals surface area contributed by atoms with E-state index in [4.69, 9.17) is 5.26 Å². The lowest BCUT2D eigenvalue weighted by Gasteiger charge is -2.00. The topological polar surface area (TPSA) is 97.6 Å². The highest BCUT2D eigenvalue weighted by Gasteiger charge is 2.14. The molecule has 0 saturated carbocycles. The number of hydrogen-bond acceptors (Lipinski definition) is 5. The van der Waals surface area contributed by atoms with Gasteiger partial charge in [-0.2, -0.15) is 10.4 Å². The highest BCUT2D eigenvalue weighted by molar-refractivity contribution is 5.53. The minimum absolute atomic E-state index is 0.00185. The molecule has 1 heterocycles. The first-order valence-electron chi connectivity index (χ1n) is 4.26. The number of rotatable bonds is 2. The van der Waals surface area contributed by atoms with Gasteiger partial charge in [0.15, 0.2) is 0 Å². The molecule has 1 aromatic heterocycles. The van der Waals surface area contributed by atoms with E-state index in [1.807, 2.05) is 0 Å². The molecule has 0 bridgehead atoms. The van der Waals surface area contributed by atoms with E-state index in [0.717, 1.165) is 0 Å². The predicted molar refractivity (Wildman–Crippen MR) is 52.7 cm³/mol. The molecule has 0 aliphatic heterocycles. The Kier molecular flexibility index (Phi) is 2.31. The average molecular weight is 215 g/mol. The van der Waals surface area contributed by atoms with Crippen molar-refractivity contribution in [3.8, 4) is 11.8 Å². The summed E-state index contributed by atoms with van der Waals surface area (Å²) in [7, 11) is 0. The second kappa shape index (κ2) is 3.78. The summed E-state index contributed by atoms with van der Waals surface area (Å²) in [4.78, 5) is 13.8. The van der Waals surface area contributed by atoms with E-state index in [9.17, 15) is 10.1 Å². The number of nitro groups is 1. The minimum Gasteiger partial charge on any atom is -0.258 e. The number of nitro benzene ring substituents is 1.